The third-order valence-corrected chi connectivity index (χ3v) is 5.11. The minimum atomic E-state index is -0.231. The monoisotopic (exact) mass is 398 g/mol. The molecule has 0 aliphatic carbocycles. The molecule has 0 radical (unpaired) electrons. The van der Waals surface area contributed by atoms with Crippen LogP contribution in [0.5, 0.6) is 11.5 Å². The molecule has 8 heteroatoms. The maximum Gasteiger partial charge on any atom is 0.230 e. The largest absolute Gasteiger partial charge is 0.497 e. The third kappa shape index (κ3) is 4.64. The minimum absolute atomic E-state index is 0.106. The molecule has 0 bridgehead atoms. The second-order valence-electron chi connectivity index (χ2n) is 6.00. The van der Waals surface area contributed by atoms with Crippen LogP contribution >= 0.6 is 11.8 Å². The van der Waals surface area contributed by atoms with Gasteiger partial charge in [-0.3, -0.25) is 9.36 Å². The average molecular weight is 398 g/mol. The number of aromatic nitrogens is 3. The summed E-state index contributed by atoms with van der Waals surface area (Å²) in [5.41, 5.74) is 1.80. The number of carbonyl (C=O) groups excluding carboxylic acids is 1. The number of nitrogens with one attached hydrogen (secondary N) is 1. The van der Waals surface area contributed by atoms with Crippen LogP contribution in [-0.4, -0.2) is 40.6 Å². The third-order valence-electron chi connectivity index (χ3n) is 4.16. The van der Waals surface area contributed by atoms with Crippen molar-refractivity contribution in [3.63, 3.8) is 0 Å². The molecule has 1 atom stereocenters. The molecule has 0 fully saturated rings. The quantitative estimate of drug-likeness (QED) is 0.587. The van der Waals surface area contributed by atoms with Gasteiger partial charge in [-0.1, -0.05) is 30.0 Å². The minimum Gasteiger partial charge on any atom is -0.497 e. The van der Waals surface area contributed by atoms with Gasteiger partial charge in [-0.05, 0) is 37.3 Å². The first kappa shape index (κ1) is 19.8. The number of ether oxygens (including phenoxy) is 2. The van der Waals surface area contributed by atoms with E-state index in [-0.39, 0.29) is 17.7 Å². The molecule has 28 heavy (non-hydrogen) atoms. The normalized spacial score (nSPS) is 11.7. The van der Waals surface area contributed by atoms with Gasteiger partial charge in [0.05, 0.1) is 26.0 Å². The molecule has 3 rings (SSSR count). The highest BCUT2D eigenvalue weighted by Crippen LogP contribution is 2.29. The lowest BCUT2D eigenvalue weighted by molar-refractivity contribution is -0.119. The van der Waals surface area contributed by atoms with Crippen molar-refractivity contribution in [1.82, 2.24) is 20.1 Å². The van der Waals surface area contributed by atoms with Gasteiger partial charge in [0.2, 0.25) is 5.91 Å². The first-order valence-corrected chi connectivity index (χ1v) is 9.70. The Balaban J connectivity index is 1.64. The van der Waals surface area contributed by atoms with Crippen LogP contribution in [0.2, 0.25) is 0 Å². The predicted molar refractivity (Wildman–Crippen MR) is 108 cm³/mol. The lowest BCUT2D eigenvalue weighted by Crippen LogP contribution is -2.28. The number of nitrogens with zero attached hydrogens (tertiary/aromatic N) is 3. The molecule has 0 spiro atoms. The summed E-state index contributed by atoms with van der Waals surface area (Å²) in [5.74, 6) is 1.53. The summed E-state index contributed by atoms with van der Waals surface area (Å²) in [6, 6.07) is 15.0. The van der Waals surface area contributed by atoms with Crippen LogP contribution in [-0.2, 0) is 4.79 Å². The van der Waals surface area contributed by atoms with Crippen molar-refractivity contribution in [2.75, 3.05) is 20.0 Å². The van der Waals surface area contributed by atoms with E-state index in [1.54, 1.807) is 20.5 Å². The van der Waals surface area contributed by atoms with Crippen LogP contribution in [0.15, 0.2) is 60.0 Å². The Morgan fingerprint density at radius 1 is 1.18 bits per heavy atom. The van der Waals surface area contributed by atoms with Crippen molar-refractivity contribution < 1.29 is 14.3 Å². The van der Waals surface area contributed by atoms with E-state index in [1.807, 2.05) is 60.0 Å². The first-order valence-electron chi connectivity index (χ1n) is 8.72. The van der Waals surface area contributed by atoms with Gasteiger partial charge in [0.15, 0.2) is 5.16 Å². The van der Waals surface area contributed by atoms with Crippen molar-refractivity contribution in [2.45, 2.75) is 18.1 Å². The van der Waals surface area contributed by atoms with E-state index < -0.39 is 0 Å². The van der Waals surface area contributed by atoms with E-state index in [4.69, 9.17) is 9.47 Å². The van der Waals surface area contributed by atoms with Gasteiger partial charge in [-0.15, -0.1) is 10.2 Å². The predicted octanol–water partition coefficient (Wildman–Crippen LogP) is 3.25. The van der Waals surface area contributed by atoms with Crippen LogP contribution in [0.25, 0.3) is 5.69 Å². The molecule has 1 unspecified atom stereocenters. The van der Waals surface area contributed by atoms with E-state index in [0.29, 0.717) is 16.7 Å². The number of methoxy groups -OCH3 is 2. The van der Waals surface area contributed by atoms with Crippen molar-refractivity contribution in [3.05, 3.63) is 60.4 Å². The molecular weight excluding hydrogens is 376 g/mol. The van der Waals surface area contributed by atoms with E-state index >= 15 is 0 Å². The van der Waals surface area contributed by atoms with Crippen molar-refractivity contribution in [3.8, 4) is 17.2 Å². The summed E-state index contributed by atoms with van der Waals surface area (Å²) in [4.78, 5) is 12.5. The summed E-state index contributed by atoms with van der Waals surface area (Å²) in [6.07, 6.45) is 1.64. The summed E-state index contributed by atoms with van der Waals surface area (Å²) in [7, 11) is 3.21. The molecular formula is C20H22N4O3S. The molecule has 1 amide bonds. The molecule has 0 saturated carbocycles. The van der Waals surface area contributed by atoms with E-state index in [9.17, 15) is 4.79 Å². The Hall–Kier alpha value is -3.00. The Bertz CT molecular complexity index is 930. The molecule has 1 aromatic heterocycles. The zero-order valence-corrected chi connectivity index (χ0v) is 16.8. The Labute approximate surface area is 168 Å². The topological polar surface area (TPSA) is 78.3 Å². The Morgan fingerprint density at radius 2 is 1.96 bits per heavy atom. The van der Waals surface area contributed by atoms with Crippen molar-refractivity contribution >= 4 is 17.7 Å². The maximum absolute atomic E-state index is 12.5. The summed E-state index contributed by atoms with van der Waals surface area (Å²) in [5, 5.41) is 11.7. The van der Waals surface area contributed by atoms with Gasteiger partial charge < -0.3 is 14.8 Å². The molecule has 0 aliphatic rings. The smallest absolute Gasteiger partial charge is 0.230 e. The van der Waals surface area contributed by atoms with Crippen LogP contribution in [0.4, 0.5) is 0 Å². The molecule has 7 nitrogen and oxygen atoms in total. The lowest BCUT2D eigenvalue weighted by atomic mass is 10.1. The maximum atomic E-state index is 12.5. The van der Waals surface area contributed by atoms with Gasteiger partial charge in [0.25, 0.3) is 0 Å². The highest BCUT2D eigenvalue weighted by Gasteiger charge is 2.16. The first-order chi connectivity index (χ1) is 13.6. The van der Waals surface area contributed by atoms with Crippen LogP contribution < -0.4 is 14.8 Å². The van der Waals surface area contributed by atoms with Crippen molar-refractivity contribution in [2.24, 2.45) is 0 Å². The number of thioether (sulfide) groups is 1. The molecule has 1 N–H and O–H groups in total. The average Bonchev–Trinajstić information content (AvgIpc) is 3.21. The van der Waals surface area contributed by atoms with Crippen LogP contribution in [0.3, 0.4) is 0 Å². The number of hydrogen-bond acceptors (Lipinski definition) is 6. The van der Waals surface area contributed by atoms with Gasteiger partial charge in [-0.2, -0.15) is 0 Å². The Morgan fingerprint density at radius 3 is 2.68 bits per heavy atom. The number of benzene rings is 2. The van der Waals surface area contributed by atoms with Gasteiger partial charge in [0, 0.05) is 11.3 Å². The molecule has 2 aromatic carbocycles. The molecule has 0 aliphatic heterocycles. The molecule has 146 valence electrons. The van der Waals surface area contributed by atoms with Crippen molar-refractivity contribution in [1.29, 1.82) is 0 Å². The zero-order chi connectivity index (χ0) is 19.9. The number of amides is 1. The van der Waals surface area contributed by atoms with E-state index in [1.165, 1.54) is 11.8 Å². The fraction of sp³-hybridized carbons (Fsp3) is 0.250. The second-order valence-corrected chi connectivity index (χ2v) is 6.95. The van der Waals surface area contributed by atoms with Crippen LogP contribution in [0.1, 0.15) is 18.5 Å². The SMILES string of the molecule is COc1ccc(OC)c(C(C)NC(=O)CSc2nncn2-c2ccccc2)c1. The number of para-hydroxylation sites is 1. The Kier molecular flexibility index (Phi) is 6.54. The number of hydrogen-bond donors (Lipinski definition) is 1. The van der Waals surface area contributed by atoms with Gasteiger partial charge >= 0.3 is 0 Å². The molecule has 3 aromatic rings. The highest BCUT2D eigenvalue weighted by molar-refractivity contribution is 7.99. The number of rotatable bonds is 8. The molecule has 1 heterocycles. The molecule has 0 saturated heterocycles. The summed E-state index contributed by atoms with van der Waals surface area (Å²) < 4.78 is 12.5. The fourth-order valence-corrected chi connectivity index (χ4v) is 3.50. The lowest BCUT2D eigenvalue weighted by Gasteiger charge is -2.18. The summed E-state index contributed by atoms with van der Waals surface area (Å²) >= 11 is 1.33. The fourth-order valence-electron chi connectivity index (χ4n) is 2.76. The number of carbonyl (C=O) groups is 1. The van der Waals surface area contributed by atoms with Gasteiger partial charge in [0.1, 0.15) is 17.8 Å². The summed E-state index contributed by atoms with van der Waals surface area (Å²) in [6.45, 7) is 1.91. The van der Waals surface area contributed by atoms with Crippen LogP contribution in [0, 0.1) is 0 Å². The van der Waals surface area contributed by atoms with E-state index in [2.05, 4.69) is 15.5 Å². The second kappa shape index (κ2) is 9.27. The standard InChI is InChI=1S/C20H22N4O3S/c1-14(17-11-16(26-2)9-10-18(17)27-3)22-19(25)12-28-20-23-21-13-24(20)15-7-5-4-6-8-15/h4-11,13-14H,12H2,1-3H3,(H,22,25). The zero-order valence-electron chi connectivity index (χ0n) is 16.0. The highest BCUT2D eigenvalue weighted by atomic mass is 32.2. The van der Waals surface area contributed by atoms with E-state index in [0.717, 1.165) is 11.3 Å². The van der Waals surface area contributed by atoms with Gasteiger partial charge in [-0.25, -0.2) is 0 Å².